The third-order valence-electron chi connectivity index (χ3n) is 6.46. The molecule has 0 bridgehead atoms. The van der Waals surface area contributed by atoms with E-state index in [1.54, 1.807) is 36.3 Å². The number of benzene rings is 1. The fourth-order valence-corrected chi connectivity index (χ4v) is 4.48. The average Bonchev–Trinajstić information content (AvgIpc) is 3.56. The second kappa shape index (κ2) is 9.44. The van der Waals surface area contributed by atoms with E-state index >= 15 is 0 Å². The van der Waals surface area contributed by atoms with Gasteiger partial charge in [0.05, 0.1) is 29.9 Å². The van der Waals surface area contributed by atoms with Crippen LogP contribution in [-0.4, -0.2) is 45.4 Å². The van der Waals surface area contributed by atoms with E-state index in [-0.39, 0.29) is 11.9 Å². The van der Waals surface area contributed by atoms with Crippen molar-refractivity contribution >= 4 is 11.0 Å². The molecule has 6 rings (SSSR count). The Morgan fingerprint density at radius 2 is 1.79 bits per heavy atom. The lowest BCUT2D eigenvalue weighted by Gasteiger charge is -2.15. The summed E-state index contributed by atoms with van der Waals surface area (Å²) in [5.74, 6) is 1.52. The molecule has 39 heavy (non-hydrogen) atoms. The van der Waals surface area contributed by atoms with Gasteiger partial charge in [-0.3, -0.25) is 0 Å². The number of hydrogen-bond donors (Lipinski definition) is 0. The van der Waals surface area contributed by atoms with Gasteiger partial charge in [0.1, 0.15) is 17.7 Å². The minimum atomic E-state index is -4.50. The molecule has 12 heteroatoms. The Morgan fingerprint density at radius 3 is 2.46 bits per heavy atom. The van der Waals surface area contributed by atoms with Crippen LogP contribution in [0.4, 0.5) is 13.2 Å². The maximum absolute atomic E-state index is 13.1. The van der Waals surface area contributed by atoms with Gasteiger partial charge < -0.3 is 9.30 Å². The molecule has 1 aromatic carbocycles. The summed E-state index contributed by atoms with van der Waals surface area (Å²) in [6.45, 7) is 4.29. The highest BCUT2D eigenvalue weighted by Gasteiger charge is 2.34. The first kappa shape index (κ1) is 25.0. The molecule has 200 valence electrons. The van der Waals surface area contributed by atoms with Gasteiger partial charge in [-0.15, -0.1) is 0 Å². The number of rotatable bonds is 7. The van der Waals surface area contributed by atoms with Crippen molar-refractivity contribution in [3.63, 3.8) is 0 Å². The van der Waals surface area contributed by atoms with E-state index in [0.29, 0.717) is 40.9 Å². The Bertz CT molecular complexity index is 1650. The zero-order valence-corrected chi connectivity index (χ0v) is 21.5. The Kier molecular flexibility index (Phi) is 6.04. The number of halogens is 3. The van der Waals surface area contributed by atoms with Crippen LogP contribution in [0.5, 0.6) is 5.88 Å². The molecule has 0 unspecified atom stereocenters. The Hall–Kier alpha value is -4.35. The van der Waals surface area contributed by atoms with Crippen LogP contribution in [0.15, 0.2) is 49.2 Å². The van der Waals surface area contributed by atoms with Gasteiger partial charge in [0.2, 0.25) is 5.88 Å². The highest BCUT2D eigenvalue weighted by atomic mass is 19.4. The minimum Gasteiger partial charge on any atom is -0.474 e. The molecule has 1 aliphatic rings. The normalized spacial score (nSPS) is 13.9. The Morgan fingerprint density at radius 1 is 1.03 bits per heavy atom. The van der Waals surface area contributed by atoms with Gasteiger partial charge in [0.25, 0.3) is 0 Å². The third-order valence-corrected chi connectivity index (χ3v) is 6.46. The molecule has 1 aliphatic carbocycles. The van der Waals surface area contributed by atoms with Crippen LogP contribution in [-0.2, 0) is 19.8 Å². The lowest BCUT2D eigenvalue weighted by molar-refractivity contribution is -0.140. The molecular weight excluding hydrogens is 509 g/mol. The van der Waals surface area contributed by atoms with E-state index in [9.17, 15) is 13.2 Å². The average molecular weight is 535 g/mol. The maximum Gasteiger partial charge on any atom is 0.434 e. The number of imidazole rings is 1. The maximum atomic E-state index is 13.1. The Labute approximate surface area is 221 Å². The topological polar surface area (TPSA) is 96.4 Å². The number of hydrogen-bond acceptors (Lipinski definition) is 7. The summed E-state index contributed by atoms with van der Waals surface area (Å²) in [6, 6.07) is 7.20. The van der Waals surface area contributed by atoms with E-state index in [0.717, 1.165) is 35.7 Å². The Balaban J connectivity index is 1.32. The molecule has 0 radical (unpaired) electrons. The van der Waals surface area contributed by atoms with Gasteiger partial charge in [-0.1, -0.05) is 24.3 Å². The van der Waals surface area contributed by atoms with Crippen LogP contribution < -0.4 is 4.74 Å². The number of ether oxygens (including phenoxy) is 1. The van der Waals surface area contributed by atoms with E-state index < -0.39 is 11.9 Å². The summed E-state index contributed by atoms with van der Waals surface area (Å²) < 4.78 is 48.3. The molecule has 0 saturated heterocycles. The summed E-state index contributed by atoms with van der Waals surface area (Å²) in [6.07, 6.45) is 3.48. The summed E-state index contributed by atoms with van der Waals surface area (Å²) in [7, 11) is 1.54. The van der Waals surface area contributed by atoms with Crippen LogP contribution in [0.1, 0.15) is 49.6 Å². The second-order valence-corrected chi connectivity index (χ2v) is 9.91. The summed E-state index contributed by atoms with van der Waals surface area (Å²) in [5, 5.41) is 5.28. The fraction of sp³-hybridized carbons (Fsp3) is 0.333. The van der Waals surface area contributed by atoms with Crippen molar-refractivity contribution in [2.75, 3.05) is 0 Å². The third kappa shape index (κ3) is 4.93. The molecule has 4 heterocycles. The SMILES string of the molecule is CC(C)Oc1ncnc(C2CC2)c1-c1ncc2cnn(Cc3ccc(-c4nc(C(F)(F)F)cn4C)cc3)c2n1. The number of nitrogens with zero attached hydrogens (tertiary/aromatic N) is 8. The molecule has 1 fully saturated rings. The van der Waals surface area contributed by atoms with Crippen LogP contribution >= 0.6 is 0 Å². The predicted molar refractivity (Wildman–Crippen MR) is 137 cm³/mol. The van der Waals surface area contributed by atoms with Crippen LogP contribution in [0, 0.1) is 0 Å². The van der Waals surface area contributed by atoms with E-state index in [4.69, 9.17) is 9.72 Å². The van der Waals surface area contributed by atoms with Gasteiger partial charge in [-0.05, 0) is 32.3 Å². The van der Waals surface area contributed by atoms with Crippen molar-refractivity contribution in [2.45, 2.75) is 51.4 Å². The van der Waals surface area contributed by atoms with Gasteiger partial charge >= 0.3 is 6.18 Å². The molecular formula is C27H25F3N8O. The predicted octanol–water partition coefficient (Wildman–Crippen LogP) is 5.42. The second-order valence-electron chi connectivity index (χ2n) is 9.91. The molecule has 0 N–H and O–H groups in total. The largest absolute Gasteiger partial charge is 0.474 e. The highest BCUT2D eigenvalue weighted by Crippen LogP contribution is 2.45. The van der Waals surface area contributed by atoms with Crippen molar-refractivity contribution < 1.29 is 17.9 Å². The van der Waals surface area contributed by atoms with Gasteiger partial charge in [0, 0.05) is 30.9 Å². The first-order valence-corrected chi connectivity index (χ1v) is 12.6. The summed E-state index contributed by atoms with van der Waals surface area (Å²) >= 11 is 0. The molecule has 0 atom stereocenters. The molecule has 9 nitrogen and oxygen atoms in total. The van der Waals surface area contributed by atoms with Gasteiger partial charge in [0.15, 0.2) is 17.2 Å². The fourth-order valence-electron chi connectivity index (χ4n) is 4.48. The molecule has 4 aromatic heterocycles. The lowest BCUT2D eigenvalue weighted by Crippen LogP contribution is -2.11. The standard InChI is InChI=1S/C27H25F3N8O/c1-15(2)39-26-21(22(17-8-9-17)32-14-33-26)23-31-10-19-11-34-38(25(19)36-23)12-16-4-6-18(7-5-16)24-35-20(13-37(24)3)27(28,29)30/h4-7,10-11,13-15,17H,8-9,12H2,1-3H3. The zero-order chi connectivity index (χ0) is 27.3. The number of fused-ring (bicyclic) bond motifs is 1. The van der Waals surface area contributed by atoms with Crippen molar-refractivity contribution in [1.82, 2.24) is 39.3 Å². The molecule has 5 aromatic rings. The number of aryl methyl sites for hydroxylation is 1. The lowest BCUT2D eigenvalue weighted by atomic mass is 10.1. The molecule has 0 aliphatic heterocycles. The quantitative estimate of drug-likeness (QED) is 0.275. The number of alkyl halides is 3. The van der Waals surface area contributed by atoms with Crippen LogP contribution in [0.2, 0.25) is 0 Å². The van der Waals surface area contributed by atoms with Crippen LogP contribution in [0.25, 0.3) is 33.8 Å². The zero-order valence-electron chi connectivity index (χ0n) is 21.5. The van der Waals surface area contributed by atoms with E-state index in [1.807, 2.05) is 26.0 Å². The van der Waals surface area contributed by atoms with Crippen molar-refractivity contribution in [2.24, 2.45) is 7.05 Å². The summed E-state index contributed by atoms with van der Waals surface area (Å²) in [4.78, 5) is 22.1. The van der Waals surface area contributed by atoms with Crippen molar-refractivity contribution in [3.05, 3.63) is 66.1 Å². The van der Waals surface area contributed by atoms with Crippen molar-refractivity contribution in [1.29, 1.82) is 0 Å². The molecule has 0 amide bonds. The molecule has 0 spiro atoms. The highest BCUT2D eigenvalue weighted by molar-refractivity contribution is 5.77. The smallest absolute Gasteiger partial charge is 0.434 e. The molecule has 1 saturated carbocycles. The van der Waals surface area contributed by atoms with E-state index in [2.05, 4.69) is 25.0 Å². The van der Waals surface area contributed by atoms with Crippen molar-refractivity contribution in [3.8, 4) is 28.7 Å². The summed E-state index contributed by atoms with van der Waals surface area (Å²) in [5.41, 5.74) is 2.81. The number of aromatic nitrogens is 8. The van der Waals surface area contributed by atoms with Gasteiger partial charge in [-0.2, -0.15) is 18.3 Å². The van der Waals surface area contributed by atoms with Crippen LogP contribution in [0.3, 0.4) is 0 Å². The van der Waals surface area contributed by atoms with Gasteiger partial charge in [-0.25, -0.2) is 29.6 Å². The van der Waals surface area contributed by atoms with E-state index in [1.165, 1.54) is 10.9 Å². The minimum absolute atomic E-state index is 0.0752. The first-order chi connectivity index (χ1) is 18.7. The monoisotopic (exact) mass is 534 g/mol. The first-order valence-electron chi connectivity index (χ1n) is 12.6.